The smallest absolute Gasteiger partial charge is 0.336 e. The van der Waals surface area contributed by atoms with Gasteiger partial charge in [-0.3, -0.25) is 0 Å². The zero-order chi connectivity index (χ0) is 14.5. The molecule has 6 nitrogen and oxygen atoms in total. The average molecular weight is 276 g/mol. The first-order chi connectivity index (χ1) is 9.65. The summed E-state index contributed by atoms with van der Waals surface area (Å²) in [6.45, 7) is 4.58. The summed E-state index contributed by atoms with van der Waals surface area (Å²) in [5.41, 5.74) is 1.43. The van der Waals surface area contributed by atoms with E-state index in [1.807, 2.05) is 6.92 Å². The second-order valence-electron chi connectivity index (χ2n) is 4.88. The molecule has 0 aromatic carbocycles. The van der Waals surface area contributed by atoms with Crippen LogP contribution >= 0.6 is 0 Å². The summed E-state index contributed by atoms with van der Waals surface area (Å²) in [4.78, 5) is 30.7. The van der Waals surface area contributed by atoms with E-state index in [9.17, 15) is 9.59 Å². The molecule has 0 saturated carbocycles. The number of aromatic nitrogens is 3. The van der Waals surface area contributed by atoms with E-state index in [2.05, 4.69) is 22.2 Å². The van der Waals surface area contributed by atoms with Crippen LogP contribution in [0.4, 0.5) is 4.79 Å². The first-order valence-corrected chi connectivity index (χ1v) is 6.99. The molecule has 2 aromatic rings. The maximum Gasteiger partial charge on any atom is 0.336 e. The van der Waals surface area contributed by atoms with Crippen LogP contribution in [0.25, 0.3) is 11.2 Å². The molecule has 0 saturated heterocycles. The van der Waals surface area contributed by atoms with Crippen LogP contribution in [0.3, 0.4) is 0 Å². The third-order valence-electron chi connectivity index (χ3n) is 3.30. The largest absolute Gasteiger partial charge is 0.337 e. The Morgan fingerprint density at radius 1 is 1.40 bits per heavy atom. The number of H-pyrrole nitrogens is 1. The summed E-state index contributed by atoms with van der Waals surface area (Å²) in [7, 11) is 0. The van der Waals surface area contributed by atoms with E-state index in [-0.39, 0.29) is 0 Å². The molecule has 0 atom stereocenters. The Kier molecular flexibility index (Phi) is 4.55. The summed E-state index contributed by atoms with van der Waals surface area (Å²) in [6.07, 6.45) is 5.90. The van der Waals surface area contributed by atoms with Gasteiger partial charge in [0.1, 0.15) is 0 Å². The van der Waals surface area contributed by atoms with Crippen LogP contribution in [-0.2, 0) is 0 Å². The molecule has 2 heterocycles. The van der Waals surface area contributed by atoms with Gasteiger partial charge in [-0.25, -0.2) is 14.6 Å². The van der Waals surface area contributed by atoms with Crippen LogP contribution in [0.1, 0.15) is 38.2 Å². The van der Waals surface area contributed by atoms with Crippen molar-refractivity contribution in [1.29, 1.82) is 0 Å². The van der Waals surface area contributed by atoms with Gasteiger partial charge in [0, 0.05) is 12.7 Å². The minimum atomic E-state index is -0.451. The molecule has 1 amide bonds. The van der Waals surface area contributed by atoms with E-state index in [4.69, 9.17) is 0 Å². The summed E-state index contributed by atoms with van der Waals surface area (Å²) in [5.74, 6) is 0. The number of nitrogens with zero attached hydrogens (tertiary/aromatic N) is 2. The molecule has 0 bridgehead atoms. The number of nitrogens with one attached hydrogen (secondary N) is 2. The molecular weight excluding hydrogens is 256 g/mol. The highest BCUT2D eigenvalue weighted by Crippen LogP contribution is 2.10. The summed E-state index contributed by atoms with van der Waals surface area (Å²) < 4.78 is 1.06. The number of pyridine rings is 1. The summed E-state index contributed by atoms with van der Waals surface area (Å²) >= 11 is 0. The van der Waals surface area contributed by atoms with E-state index >= 15 is 0 Å². The van der Waals surface area contributed by atoms with E-state index in [0.29, 0.717) is 17.7 Å². The van der Waals surface area contributed by atoms with Gasteiger partial charge in [-0.2, -0.15) is 4.57 Å². The number of carbonyl (C=O) groups is 1. The number of aromatic amines is 1. The number of rotatable bonds is 5. The Hall–Kier alpha value is -2.11. The highest BCUT2D eigenvalue weighted by atomic mass is 16.2. The fourth-order valence-electron chi connectivity index (χ4n) is 2.14. The van der Waals surface area contributed by atoms with Gasteiger partial charge in [0.25, 0.3) is 0 Å². The highest BCUT2D eigenvalue weighted by molar-refractivity contribution is 5.87. The van der Waals surface area contributed by atoms with E-state index in [1.165, 1.54) is 0 Å². The first-order valence-electron chi connectivity index (χ1n) is 6.99. The van der Waals surface area contributed by atoms with E-state index < -0.39 is 11.7 Å². The maximum atomic E-state index is 12.1. The Bertz CT molecular complexity index is 657. The quantitative estimate of drug-likeness (QED) is 0.821. The molecule has 6 heteroatoms. The topological polar surface area (TPSA) is 79.8 Å². The van der Waals surface area contributed by atoms with Crippen LogP contribution in [0, 0.1) is 6.92 Å². The molecule has 0 aliphatic rings. The zero-order valence-electron chi connectivity index (χ0n) is 11.9. The standard InChI is InChI=1S/C14H20N4O2/c1-3-4-5-6-8-16-13(19)18-12-11(17-14(18)20)10(2)7-9-15-12/h7,9H,3-6,8H2,1-2H3,(H,16,19)(H,17,20). The molecule has 0 unspecified atom stereocenters. The van der Waals surface area contributed by atoms with Crippen molar-refractivity contribution in [2.75, 3.05) is 6.54 Å². The number of amides is 1. The van der Waals surface area contributed by atoms with Crippen molar-refractivity contribution in [2.45, 2.75) is 39.5 Å². The third-order valence-corrected chi connectivity index (χ3v) is 3.30. The molecule has 0 aliphatic carbocycles. The lowest BCUT2D eigenvalue weighted by Crippen LogP contribution is -2.35. The van der Waals surface area contributed by atoms with Crippen molar-refractivity contribution in [1.82, 2.24) is 19.9 Å². The fraction of sp³-hybridized carbons (Fsp3) is 0.500. The molecule has 0 aliphatic heterocycles. The predicted molar refractivity (Wildman–Crippen MR) is 78.0 cm³/mol. The van der Waals surface area contributed by atoms with Crippen molar-refractivity contribution in [3.8, 4) is 0 Å². The van der Waals surface area contributed by atoms with Gasteiger partial charge in [-0.15, -0.1) is 0 Å². The number of aryl methyl sites for hydroxylation is 1. The monoisotopic (exact) mass is 276 g/mol. The van der Waals surface area contributed by atoms with E-state index in [1.54, 1.807) is 12.3 Å². The van der Waals surface area contributed by atoms with Gasteiger partial charge in [0.2, 0.25) is 0 Å². The lowest BCUT2D eigenvalue weighted by atomic mass is 10.2. The number of carbonyl (C=O) groups excluding carboxylic acids is 1. The van der Waals surface area contributed by atoms with Crippen molar-refractivity contribution >= 4 is 17.2 Å². The van der Waals surface area contributed by atoms with Crippen LogP contribution in [0.5, 0.6) is 0 Å². The van der Waals surface area contributed by atoms with Gasteiger partial charge in [-0.05, 0) is 25.0 Å². The molecule has 2 aromatic heterocycles. The zero-order valence-corrected chi connectivity index (χ0v) is 11.9. The Labute approximate surface area is 117 Å². The number of hydrogen-bond donors (Lipinski definition) is 2. The Balaban J connectivity index is 2.12. The highest BCUT2D eigenvalue weighted by Gasteiger charge is 2.15. The number of imidazole rings is 1. The fourth-order valence-corrected chi connectivity index (χ4v) is 2.14. The van der Waals surface area contributed by atoms with Gasteiger partial charge >= 0.3 is 11.7 Å². The second-order valence-corrected chi connectivity index (χ2v) is 4.88. The molecule has 0 fully saturated rings. The van der Waals surface area contributed by atoms with Crippen LogP contribution in [0.15, 0.2) is 17.1 Å². The molecular formula is C14H20N4O2. The van der Waals surface area contributed by atoms with Crippen molar-refractivity contribution in [3.05, 3.63) is 28.3 Å². The van der Waals surface area contributed by atoms with Crippen molar-refractivity contribution < 1.29 is 4.79 Å². The normalized spacial score (nSPS) is 10.9. The van der Waals surface area contributed by atoms with Gasteiger partial charge < -0.3 is 10.3 Å². The number of fused-ring (bicyclic) bond motifs is 1. The number of unbranched alkanes of at least 4 members (excludes halogenated alkanes) is 3. The minimum absolute atomic E-state index is 0.376. The van der Waals surface area contributed by atoms with Crippen LogP contribution in [0.2, 0.25) is 0 Å². The lowest BCUT2D eigenvalue weighted by Gasteiger charge is -2.05. The molecule has 20 heavy (non-hydrogen) atoms. The summed E-state index contributed by atoms with van der Waals surface area (Å²) in [6, 6.07) is 1.38. The Morgan fingerprint density at radius 3 is 2.95 bits per heavy atom. The van der Waals surface area contributed by atoms with E-state index in [0.717, 1.165) is 35.8 Å². The molecule has 0 radical (unpaired) electrons. The average Bonchev–Trinajstić information content (AvgIpc) is 2.76. The van der Waals surface area contributed by atoms with Gasteiger partial charge in [0.15, 0.2) is 5.65 Å². The maximum absolute atomic E-state index is 12.1. The van der Waals surface area contributed by atoms with Crippen LogP contribution in [-0.4, -0.2) is 27.1 Å². The molecule has 2 N–H and O–H groups in total. The van der Waals surface area contributed by atoms with Gasteiger partial charge in [-0.1, -0.05) is 26.2 Å². The molecule has 108 valence electrons. The Morgan fingerprint density at radius 2 is 2.20 bits per heavy atom. The van der Waals surface area contributed by atoms with Crippen molar-refractivity contribution in [3.63, 3.8) is 0 Å². The molecule has 2 rings (SSSR count). The van der Waals surface area contributed by atoms with Gasteiger partial charge in [0.05, 0.1) is 5.52 Å². The first kappa shape index (κ1) is 14.3. The van der Waals surface area contributed by atoms with Crippen molar-refractivity contribution in [2.24, 2.45) is 0 Å². The number of hydrogen-bond acceptors (Lipinski definition) is 3. The lowest BCUT2D eigenvalue weighted by molar-refractivity contribution is 0.242. The summed E-state index contributed by atoms with van der Waals surface area (Å²) in [5, 5.41) is 2.76. The third kappa shape index (κ3) is 2.89. The minimum Gasteiger partial charge on any atom is -0.337 e. The predicted octanol–water partition coefficient (Wildman–Crippen LogP) is 2.17. The SMILES string of the molecule is CCCCCCNC(=O)n1c(=O)[nH]c2c(C)ccnc21. The van der Waals surface area contributed by atoms with Crippen LogP contribution < -0.4 is 11.0 Å². The second kappa shape index (κ2) is 6.36. The molecule has 0 spiro atoms.